The lowest BCUT2D eigenvalue weighted by atomic mass is 10.2. The number of allylic oxidation sites excluding steroid dienone is 2. The fourth-order valence-electron chi connectivity index (χ4n) is 0.940. The van der Waals surface area contributed by atoms with Gasteiger partial charge in [0, 0.05) is 11.7 Å². The van der Waals surface area contributed by atoms with Gasteiger partial charge in [-0.15, -0.1) is 0 Å². The Labute approximate surface area is 64.5 Å². The molecule has 0 saturated heterocycles. The Balaban J connectivity index is 3.62. The van der Waals surface area contributed by atoms with E-state index >= 15 is 0 Å². The molecule has 0 heterocycles. The van der Waals surface area contributed by atoms with E-state index in [9.17, 15) is 0 Å². The van der Waals surface area contributed by atoms with Crippen molar-refractivity contribution in [2.75, 3.05) is 0 Å². The van der Waals surface area contributed by atoms with Crippen LogP contribution in [0.3, 0.4) is 0 Å². The second kappa shape index (κ2) is 5.33. The molecule has 0 saturated carbocycles. The fraction of sp³-hybridized carbons (Fsp3) is 0.778. The lowest BCUT2D eigenvalue weighted by molar-refractivity contribution is 0.636. The van der Waals surface area contributed by atoms with Gasteiger partial charge in [-0.1, -0.05) is 19.4 Å². The Hall–Kier alpha value is -0.460. The van der Waals surface area contributed by atoms with Crippen LogP contribution in [0.1, 0.15) is 40.5 Å². The van der Waals surface area contributed by atoms with E-state index in [0.717, 1.165) is 0 Å². The molecule has 0 bridgehead atoms. The molecule has 10 heavy (non-hydrogen) atoms. The maximum atomic E-state index is 3.39. The van der Waals surface area contributed by atoms with Crippen LogP contribution in [0.2, 0.25) is 0 Å². The van der Waals surface area contributed by atoms with Crippen molar-refractivity contribution in [3.05, 3.63) is 11.8 Å². The molecule has 0 aromatic rings. The van der Waals surface area contributed by atoms with Gasteiger partial charge in [-0.2, -0.15) is 0 Å². The van der Waals surface area contributed by atoms with E-state index in [0.29, 0.717) is 6.04 Å². The lowest BCUT2D eigenvalue weighted by Gasteiger charge is -2.12. The summed E-state index contributed by atoms with van der Waals surface area (Å²) in [7, 11) is 0. The standard InChI is InChI=1S/C9H19N/c1-5-7-9(6-2)10-8(3)4/h6,8,10H,5,7H2,1-4H3/b9-6+. The molecule has 0 aromatic carbocycles. The SMILES string of the molecule is C/C=C(\CCC)NC(C)C. The van der Waals surface area contributed by atoms with Crippen LogP contribution in [0.25, 0.3) is 0 Å². The van der Waals surface area contributed by atoms with Crippen molar-refractivity contribution < 1.29 is 0 Å². The van der Waals surface area contributed by atoms with Gasteiger partial charge < -0.3 is 5.32 Å². The van der Waals surface area contributed by atoms with Crippen molar-refractivity contribution in [2.45, 2.75) is 46.6 Å². The highest BCUT2D eigenvalue weighted by Gasteiger charge is 1.94. The first kappa shape index (κ1) is 9.54. The van der Waals surface area contributed by atoms with Gasteiger partial charge in [0.2, 0.25) is 0 Å². The molecule has 0 aromatic heterocycles. The number of hydrogen-bond acceptors (Lipinski definition) is 1. The van der Waals surface area contributed by atoms with E-state index in [2.05, 4.69) is 39.1 Å². The van der Waals surface area contributed by atoms with E-state index in [1.807, 2.05) is 0 Å². The van der Waals surface area contributed by atoms with E-state index < -0.39 is 0 Å². The Morgan fingerprint density at radius 3 is 2.40 bits per heavy atom. The normalized spacial score (nSPS) is 12.3. The van der Waals surface area contributed by atoms with Gasteiger partial charge >= 0.3 is 0 Å². The maximum absolute atomic E-state index is 3.39. The van der Waals surface area contributed by atoms with Crippen molar-refractivity contribution in [3.8, 4) is 0 Å². The number of rotatable bonds is 4. The van der Waals surface area contributed by atoms with Crippen LogP contribution >= 0.6 is 0 Å². The van der Waals surface area contributed by atoms with Crippen LogP contribution in [0.5, 0.6) is 0 Å². The molecule has 0 spiro atoms. The predicted octanol–water partition coefficient (Wildman–Crippen LogP) is 2.69. The van der Waals surface area contributed by atoms with Crippen LogP contribution < -0.4 is 5.32 Å². The fourth-order valence-corrected chi connectivity index (χ4v) is 0.940. The van der Waals surface area contributed by atoms with Crippen LogP contribution in [0.4, 0.5) is 0 Å². The molecule has 0 atom stereocenters. The zero-order chi connectivity index (χ0) is 7.98. The molecule has 0 aliphatic heterocycles. The minimum Gasteiger partial charge on any atom is -0.386 e. The second-order valence-electron chi connectivity index (χ2n) is 2.86. The average molecular weight is 141 g/mol. The van der Waals surface area contributed by atoms with Gasteiger partial charge in [0.05, 0.1) is 0 Å². The summed E-state index contributed by atoms with van der Waals surface area (Å²) in [5, 5.41) is 3.39. The third-order valence-corrected chi connectivity index (χ3v) is 1.34. The molecule has 1 nitrogen and oxygen atoms in total. The van der Waals surface area contributed by atoms with E-state index in [-0.39, 0.29) is 0 Å². The van der Waals surface area contributed by atoms with Crippen LogP contribution in [-0.2, 0) is 0 Å². The summed E-state index contributed by atoms with van der Waals surface area (Å²) in [6, 6.07) is 0.567. The van der Waals surface area contributed by atoms with Crippen molar-refractivity contribution in [1.82, 2.24) is 5.32 Å². The van der Waals surface area contributed by atoms with Crippen molar-refractivity contribution >= 4 is 0 Å². The third-order valence-electron chi connectivity index (χ3n) is 1.34. The van der Waals surface area contributed by atoms with Crippen LogP contribution in [-0.4, -0.2) is 6.04 Å². The molecule has 0 fully saturated rings. The zero-order valence-electron chi connectivity index (χ0n) is 7.57. The zero-order valence-corrected chi connectivity index (χ0v) is 7.57. The van der Waals surface area contributed by atoms with Crippen molar-refractivity contribution in [2.24, 2.45) is 0 Å². The predicted molar refractivity (Wildman–Crippen MR) is 46.9 cm³/mol. The summed E-state index contributed by atoms with van der Waals surface area (Å²) in [5.41, 5.74) is 1.37. The molecule has 0 aliphatic carbocycles. The highest BCUT2D eigenvalue weighted by Crippen LogP contribution is 2.00. The van der Waals surface area contributed by atoms with Gasteiger partial charge in [0.25, 0.3) is 0 Å². The summed E-state index contributed by atoms with van der Waals surface area (Å²) in [6.07, 6.45) is 4.55. The molecular formula is C9H19N. The first-order chi connectivity index (χ1) is 4.70. The molecular weight excluding hydrogens is 122 g/mol. The van der Waals surface area contributed by atoms with E-state index in [1.54, 1.807) is 0 Å². The molecule has 0 aliphatic rings. The quantitative estimate of drug-likeness (QED) is 0.634. The monoisotopic (exact) mass is 141 g/mol. The smallest absolute Gasteiger partial charge is 0.0201 e. The van der Waals surface area contributed by atoms with Gasteiger partial charge in [0.1, 0.15) is 0 Å². The number of nitrogens with one attached hydrogen (secondary N) is 1. The summed E-state index contributed by atoms with van der Waals surface area (Å²) in [4.78, 5) is 0. The Morgan fingerprint density at radius 1 is 1.50 bits per heavy atom. The highest BCUT2D eigenvalue weighted by molar-refractivity contribution is 4.97. The maximum Gasteiger partial charge on any atom is 0.0201 e. The molecule has 1 heteroatoms. The summed E-state index contributed by atoms with van der Waals surface area (Å²) >= 11 is 0. The minimum absolute atomic E-state index is 0.567. The highest BCUT2D eigenvalue weighted by atomic mass is 14.9. The first-order valence-corrected chi connectivity index (χ1v) is 4.12. The molecule has 0 rings (SSSR count). The van der Waals surface area contributed by atoms with Gasteiger partial charge in [0.15, 0.2) is 0 Å². The second-order valence-corrected chi connectivity index (χ2v) is 2.86. The Morgan fingerprint density at radius 2 is 2.10 bits per heavy atom. The molecule has 1 N–H and O–H groups in total. The Kier molecular flexibility index (Phi) is 5.09. The molecule has 0 unspecified atom stereocenters. The van der Waals surface area contributed by atoms with E-state index in [1.165, 1.54) is 18.5 Å². The van der Waals surface area contributed by atoms with Crippen LogP contribution in [0.15, 0.2) is 11.8 Å². The molecule has 60 valence electrons. The first-order valence-electron chi connectivity index (χ1n) is 4.12. The molecule has 0 radical (unpaired) electrons. The van der Waals surface area contributed by atoms with Crippen molar-refractivity contribution in [1.29, 1.82) is 0 Å². The minimum atomic E-state index is 0.567. The van der Waals surface area contributed by atoms with Gasteiger partial charge in [-0.3, -0.25) is 0 Å². The van der Waals surface area contributed by atoms with Gasteiger partial charge in [-0.25, -0.2) is 0 Å². The Bertz CT molecular complexity index is 103. The van der Waals surface area contributed by atoms with E-state index in [4.69, 9.17) is 0 Å². The van der Waals surface area contributed by atoms with Gasteiger partial charge in [-0.05, 0) is 27.2 Å². The lowest BCUT2D eigenvalue weighted by Crippen LogP contribution is -2.21. The van der Waals surface area contributed by atoms with Crippen molar-refractivity contribution in [3.63, 3.8) is 0 Å². The summed E-state index contributed by atoms with van der Waals surface area (Å²) in [5.74, 6) is 0. The average Bonchev–Trinajstić information content (AvgIpc) is 1.86. The summed E-state index contributed by atoms with van der Waals surface area (Å²) < 4.78 is 0. The molecule has 0 amide bonds. The number of hydrogen-bond donors (Lipinski definition) is 1. The topological polar surface area (TPSA) is 12.0 Å². The largest absolute Gasteiger partial charge is 0.386 e. The summed E-state index contributed by atoms with van der Waals surface area (Å²) in [6.45, 7) is 8.62. The third kappa shape index (κ3) is 4.42. The van der Waals surface area contributed by atoms with Crippen LogP contribution in [0, 0.1) is 0 Å².